The fraction of sp³-hybridized carbons (Fsp3) is 0.588. The monoisotopic (exact) mass is 341 g/mol. The Hall–Kier alpha value is -1.27. The molecule has 0 fully saturated rings. The SMILES string of the molecule is CCOC(=O)CC1(NS(=O)C(C)(C)C)CCc2c(F)cccc21. The zero-order chi connectivity index (χ0) is 17.3. The molecule has 0 aromatic heterocycles. The minimum atomic E-state index is -1.38. The van der Waals surface area contributed by atoms with Crippen molar-refractivity contribution in [3.8, 4) is 0 Å². The van der Waals surface area contributed by atoms with Gasteiger partial charge in [0, 0.05) is 0 Å². The summed E-state index contributed by atoms with van der Waals surface area (Å²) in [6.07, 6.45) is 1.07. The Morgan fingerprint density at radius 1 is 1.43 bits per heavy atom. The number of fused-ring (bicyclic) bond motifs is 1. The van der Waals surface area contributed by atoms with Crippen LogP contribution in [-0.2, 0) is 32.5 Å². The first-order valence-corrected chi connectivity index (χ1v) is 8.98. The van der Waals surface area contributed by atoms with Crippen LogP contribution in [0.2, 0.25) is 0 Å². The molecular formula is C17H24FNO3S. The molecule has 2 rings (SSSR count). The highest BCUT2D eigenvalue weighted by atomic mass is 32.2. The predicted octanol–water partition coefficient (Wildman–Crippen LogP) is 2.97. The quantitative estimate of drug-likeness (QED) is 0.838. The van der Waals surface area contributed by atoms with E-state index in [1.54, 1.807) is 19.1 Å². The third-order valence-corrected chi connectivity index (χ3v) is 5.72. The van der Waals surface area contributed by atoms with Gasteiger partial charge >= 0.3 is 5.97 Å². The number of hydrogen-bond donors (Lipinski definition) is 1. The summed E-state index contributed by atoms with van der Waals surface area (Å²) in [5.74, 6) is -0.653. The van der Waals surface area contributed by atoms with Crippen LogP contribution in [0, 0.1) is 5.82 Å². The number of carbonyl (C=O) groups is 1. The van der Waals surface area contributed by atoms with E-state index in [9.17, 15) is 13.4 Å². The van der Waals surface area contributed by atoms with E-state index in [0.29, 0.717) is 24.0 Å². The average molecular weight is 341 g/mol. The summed E-state index contributed by atoms with van der Waals surface area (Å²) in [5.41, 5.74) is 0.459. The van der Waals surface area contributed by atoms with Crippen LogP contribution >= 0.6 is 0 Å². The van der Waals surface area contributed by atoms with Crippen molar-refractivity contribution in [3.05, 3.63) is 35.1 Å². The molecule has 0 amide bonds. The van der Waals surface area contributed by atoms with E-state index in [1.807, 2.05) is 20.8 Å². The molecule has 0 heterocycles. The van der Waals surface area contributed by atoms with Crippen LogP contribution in [0.25, 0.3) is 0 Å². The van der Waals surface area contributed by atoms with Gasteiger partial charge < -0.3 is 4.74 Å². The number of hydrogen-bond acceptors (Lipinski definition) is 3. The van der Waals surface area contributed by atoms with Crippen molar-refractivity contribution >= 4 is 17.0 Å². The fourth-order valence-corrected chi connectivity index (χ4v) is 3.79. The van der Waals surface area contributed by atoms with Crippen LogP contribution in [0.15, 0.2) is 18.2 Å². The predicted molar refractivity (Wildman–Crippen MR) is 88.7 cm³/mol. The van der Waals surface area contributed by atoms with Gasteiger partial charge in [0.2, 0.25) is 0 Å². The Morgan fingerprint density at radius 2 is 2.13 bits per heavy atom. The van der Waals surface area contributed by atoms with Crippen LogP contribution in [0.1, 0.15) is 51.7 Å². The summed E-state index contributed by atoms with van der Waals surface area (Å²) in [4.78, 5) is 12.1. The van der Waals surface area contributed by atoms with Crippen molar-refractivity contribution in [2.75, 3.05) is 6.61 Å². The van der Waals surface area contributed by atoms with Crippen molar-refractivity contribution in [1.29, 1.82) is 0 Å². The Bertz CT molecular complexity index is 627. The van der Waals surface area contributed by atoms with E-state index >= 15 is 0 Å². The number of halogens is 1. The van der Waals surface area contributed by atoms with Crippen molar-refractivity contribution in [2.24, 2.45) is 0 Å². The molecule has 0 spiro atoms. The molecule has 2 atom stereocenters. The van der Waals surface area contributed by atoms with E-state index in [4.69, 9.17) is 4.74 Å². The average Bonchev–Trinajstić information content (AvgIpc) is 2.78. The van der Waals surface area contributed by atoms with Crippen molar-refractivity contribution < 1.29 is 18.1 Å². The lowest BCUT2D eigenvalue weighted by atomic mass is 9.89. The van der Waals surface area contributed by atoms with Gasteiger partial charge in [-0.3, -0.25) is 4.79 Å². The first-order valence-electron chi connectivity index (χ1n) is 7.83. The zero-order valence-electron chi connectivity index (χ0n) is 14.1. The van der Waals surface area contributed by atoms with Crippen molar-refractivity contribution in [2.45, 2.75) is 57.2 Å². The third-order valence-electron chi connectivity index (χ3n) is 4.03. The van der Waals surface area contributed by atoms with E-state index in [0.717, 1.165) is 0 Å². The van der Waals surface area contributed by atoms with Crippen molar-refractivity contribution in [1.82, 2.24) is 4.72 Å². The number of esters is 1. The van der Waals surface area contributed by atoms with E-state index < -0.39 is 21.3 Å². The lowest BCUT2D eigenvalue weighted by molar-refractivity contribution is -0.144. The molecule has 1 aliphatic rings. The molecule has 1 aliphatic carbocycles. The van der Waals surface area contributed by atoms with E-state index in [1.165, 1.54) is 6.07 Å². The second-order valence-corrected chi connectivity index (χ2v) is 8.78. The van der Waals surface area contributed by atoms with Crippen LogP contribution in [0.5, 0.6) is 0 Å². The minimum Gasteiger partial charge on any atom is -0.466 e. The molecule has 4 nitrogen and oxygen atoms in total. The number of carbonyl (C=O) groups excluding carboxylic acids is 1. The molecular weight excluding hydrogens is 317 g/mol. The topological polar surface area (TPSA) is 55.4 Å². The van der Waals surface area contributed by atoms with Gasteiger partial charge in [-0.1, -0.05) is 12.1 Å². The summed E-state index contributed by atoms with van der Waals surface area (Å²) in [7, 11) is -1.38. The molecule has 1 aromatic carbocycles. The second-order valence-electron chi connectivity index (χ2n) is 6.81. The maximum atomic E-state index is 14.1. The van der Waals surface area contributed by atoms with E-state index in [2.05, 4.69) is 4.72 Å². The minimum absolute atomic E-state index is 0.0408. The molecule has 2 unspecified atom stereocenters. The molecule has 1 aromatic rings. The van der Waals surface area contributed by atoms with Gasteiger partial charge in [-0.05, 0) is 57.7 Å². The Labute approximate surface area is 139 Å². The molecule has 23 heavy (non-hydrogen) atoms. The maximum absolute atomic E-state index is 14.1. The number of benzene rings is 1. The number of nitrogens with one attached hydrogen (secondary N) is 1. The summed E-state index contributed by atoms with van der Waals surface area (Å²) in [5, 5.41) is 0. The van der Waals surface area contributed by atoms with Gasteiger partial charge in [0.1, 0.15) is 5.82 Å². The normalized spacial score (nSPS) is 21.8. The van der Waals surface area contributed by atoms with Crippen LogP contribution in [-0.4, -0.2) is 21.5 Å². The Morgan fingerprint density at radius 3 is 2.74 bits per heavy atom. The molecule has 0 radical (unpaired) electrons. The Kier molecular flexibility index (Phi) is 5.26. The summed E-state index contributed by atoms with van der Waals surface area (Å²) < 4.78 is 34.4. The van der Waals surface area contributed by atoms with Gasteiger partial charge in [-0.15, -0.1) is 0 Å². The molecule has 0 saturated heterocycles. The molecule has 0 bridgehead atoms. The first-order chi connectivity index (χ1) is 10.7. The van der Waals surface area contributed by atoms with Gasteiger partial charge in [0.15, 0.2) is 0 Å². The van der Waals surface area contributed by atoms with Gasteiger partial charge in [-0.2, -0.15) is 0 Å². The zero-order valence-corrected chi connectivity index (χ0v) is 14.9. The summed E-state index contributed by atoms with van der Waals surface area (Å²) in [6.45, 7) is 7.60. The smallest absolute Gasteiger partial charge is 0.308 e. The van der Waals surface area contributed by atoms with E-state index in [-0.39, 0.29) is 24.8 Å². The van der Waals surface area contributed by atoms with Gasteiger partial charge in [0.25, 0.3) is 0 Å². The molecule has 6 heteroatoms. The molecule has 1 N–H and O–H groups in total. The lowest BCUT2D eigenvalue weighted by Gasteiger charge is -2.33. The largest absolute Gasteiger partial charge is 0.466 e. The van der Waals surface area contributed by atoms with Crippen LogP contribution < -0.4 is 4.72 Å². The third kappa shape index (κ3) is 3.80. The standard InChI is InChI=1S/C17H24FNO3S/c1-5-22-15(20)11-17(19-23(21)16(2,3)4)10-9-12-13(17)7-6-8-14(12)18/h6-8,19H,5,9-11H2,1-4H3. The molecule has 0 saturated carbocycles. The number of ether oxygens (including phenoxy) is 1. The molecule has 0 aliphatic heterocycles. The van der Waals surface area contributed by atoms with Crippen LogP contribution in [0.3, 0.4) is 0 Å². The highest BCUT2D eigenvalue weighted by Gasteiger charge is 2.44. The Balaban J connectivity index is 2.41. The number of rotatable bonds is 5. The van der Waals surface area contributed by atoms with Crippen LogP contribution in [0.4, 0.5) is 4.39 Å². The first kappa shape index (κ1) is 18.1. The van der Waals surface area contributed by atoms with Crippen molar-refractivity contribution in [3.63, 3.8) is 0 Å². The lowest BCUT2D eigenvalue weighted by Crippen LogP contribution is -2.48. The second kappa shape index (κ2) is 6.69. The highest BCUT2D eigenvalue weighted by molar-refractivity contribution is 7.84. The van der Waals surface area contributed by atoms with Gasteiger partial charge in [-0.25, -0.2) is 13.3 Å². The van der Waals surface area contributed by atoms with Gasteiger partial charge in [0.05, 0.1) is 34.3 Å². The highest BCUT2D eigenvalue weighted by Crippen LogP contribution is 2.41. The maximum Gasteiger partial charge on any atom is 0.308 e. The fourth-order valence-electron chi connectivity index (χ4n) is 2.85. The summed E-state index contributed by atoms with van der Waals surface area (Å²) in [6, 6.07) is 4.85. The summed E-state index contributed by atoms with van der Waals surface area (Å²) >= 11 is 0. The molecule has 128 valence electrons.